The van der Waals surface area contributed by atoms with Crippen molar-refractivity contribution in [3.05, 3.63) is 77.4 Å². The number of rotatable bonds is 4. The lowest BCUT2D eigenvalue weighted by molar-refractivity contribution is 1.46. The first-order valence-corrected chi connectivity index (χ1v) is 5.87. The third-order valence-corrected chi connectivity index (χ3v) is 2.60. The highest BCUT2D eigenvalue weighted by molar-refractivity contribution is 5.55. The smallest absolute Gasteiger partial charge is 0.0256 e. The quantitative estimate of drug-likeness (QED) is 0.625. The summed E-state index contributed by atoms with van der Waals surface area (Å²) in [6, 6.07) is 8.51. The Morgan fingerprint density at radius 2 is 1.82 bits per heavy atom. The van der Waals surface area contributed by atoms with E-state index in [1.165, 1.54) is 22.3 Å². The Bertz CT molecular complexity index is 453. The van der Waals surface area contributed by atoms with Gasteiger partial charge in [-0.25, -0.2) is 0 Å². The number of benzene rings is 1. The largest absolute Gasteiger partial charge is 0.0988 e. The standard InChI is InChI=1S/C17H20/c1-5-14(3)13-16(6-2)11-12-17-9-7-15(4)8-10-17/h5-13H,1H2,2-4H3/b12-11+,14-13-,16-6-. The van der Waals surface area contributed by atoms with E-state index in [1.807, 2.05) is 13.0 Å². The number of hydrogen-bond donors (Lipinski definition) is 0. The van der Waals surface area contributed by atoms with E-state index in [1.54, 1.807) is 0 Å². The second-order valence-corrected chi connectivity index (χ2v) is 4.13. The van der Waals surface area contributed by atoms with Crippen LogP contribution >= 0.6 is 0 Å². The molecule has 0 radical (unpaired) electrons. The molecule has 0 heterocycles. The minimum absolute atomic E-state index is 1.17. The van der Waals surface area contributed by atoms with Gasteiger partial charge in [0.15, 0.2) is 0 Å². The van der Waals surface area contributed by atoms with Crippen LogP contribution in [0.5, 0.6) is 0 Å². The van der Waals surface area contributed by atoms with Gasteiger partial charge >= 0.3 is 0 Å². The van der Waals surface area contributed by atoms with Crippen molar-refractivity contribution in [2.45, 2.75) is 20.8 Å². The van der Waals surface area contributed by atoms with Crippen molar-refractivity contribution < 1.29 is 0 Å². The van der Waals surface area contributed by atoms with Crippen LogP contribution < -0.4 is 0 Å². The molecule has 1 rings (SSSR count). The summed E-state index contributed by atoms with van der Waals surface area (Å²) in [4.78, 5) is 0. The summed E-state index contributed by atoms with van der Waals surface area (Å²) in [5, 5.41) is 0. The van der Waals surface area contributed by atoms with E-state index in [2.05, 4.69) is 69.0 Å². The SMILES string of the molecule is C=C\C(C)=C/C(=C\C)/C=C/c1ccc(C)cc1. The molecular formula is C17H20. The van der Waals surface area contributed by atoms with Crippen molar-refractivity contribution in [2.24, 2.45) is 0 Å². The lowest BCUT2D eigenvalue weighted by atomic mass is 10.1. The van der Waals surface area contributed by atoms with Gasteiger partial charge in [-0.2, -0.15) is 0 Å². The fourth-order valence-electron chi connectivity index (χ4n) is 1.42. The molecule has 0 N–H and O–H groups in total. The summed E-state index contributed by atoms with van der Waals surface area (Å²) in [5.41, 5.74) is 4.88. The summed E-state index contributed by atoms with van der Waals surface area (Å²) in [6.45, 7) is 9.95. The molecule has 0 unspecified atom stereocenters. The van der Waals surface area contributed by atoms with Crippen LogP contribution in [0.2, 0.25) is 0 Å². The van der Waals surface area contributed by atoms with Crippen LogP contribution in [0.4, 0.5) is 0 Å². The average molecular weight is 224 g/mol. The predicted molar refractivity (Wildman–Crippen MR) is 77.9 cm³/mol. The molecule has 0 aliphatic carbocycles. The molecule has 0 fully saturated rings. The molecule has 0 bridgehead atoms. The van der Waals surface area contributed by atoms with Crippen LogP contribution in [0.25, 0.3) is 6.08 Å². The molecule has 0 saturated heterocycles. The summed E-state index contributed by atoms with van der Waals surface area (Å²) >= 11 is 0. The van der Waals surface area contributed by atoms with Crippen LogP contribution in [0.15, 0.2) is 66.3 Å². The maximum Gasteiger partial charge on any atom is -0.0256 e. The zero-order valence-electron chi connectivity index (χ0n) is 10.9. The topological polar surface area (TPSA) is 0 Å². The van der Waals surface area contributed by atoms with Crippen LogP contribution in [-0.4, -0.2) is 0 Å². The normalized spacial score (nSPS) is 13.1. The molecule has 0 aliphatic heterocycles. The molecular weight excluding hydrogens is 204 g/mol. The summed E-state index contributed by atoms with van der Waals surface area (Å²) in [6.07, 6.45) is 10.3. The lowest BCUT2D eigenvalue weighted by Gasteiger charge is -1.97. The highest BCUT2D eigenvalue weighted by Gasteiger charge is 1.89. The van der Waals surface area contributed by atoms with Gasteiger partial charge in [0, 0.05) is 0 Å². The van der Waals surface area contributed by atoms with Crippen molar-refractivity contribution in [1.29, 1.82) is 0 Å². The Labute approximate surface area is 105 Å². The molecule has 0 aliphatic rings. The first kappa shape index (κ1) is 13.2. The molecule has 1 aromatic rings. The molecule has 0 aromatic heterocycles. The summed E-state index contributed by atoms with van der Waals surface area (Å²) in [5.74, 6) is 0. The second-order valence-electron chi connectivity index (χ2n) is 4.13. The highest BCUT2D eigenvalue weighted by Crippen LogP contribution is 2.10. The fraction of sp³-hybridized carbons (Fsp3) is 0.176. The first-order chi connectivity index (χ1) is 8.15. The van der Waals surface area contributed by atoms with Crippen molar-refractivity contribution >= 4 is 6.08 Å². The minimum atomic E-state index is 1.17. The second kappa shape index (κ2) is 6.70. The van der Waals surface area contributed by atoms with E-state index in [0.29, 0.717) is 0 Å². The van der Waals surface area contributed by atoms with E-state index in [-0.39, 0.29) is 0 Å². The Hall–Kier alpha value is -1.82. The van der Waals surface area contributed by atoms with Gasteiger partial charge in [-0.3, -0.25) is 0 Å². The minimum Gasteiger partial charge on any atom is -0.0988 e. The van der Waals surface area contributed by atoms with E-state index >= 15 is 0 Å². The Morgan fingerprint density at radius 1 is 1.18 bits per heavy atom. The van der Waals surface area contributed by atoms with E-state index in [0.717, 1.165) is 0 Å². The molecule has 0 nitrogen and oxygen atoms in total. The number of hydrogen-bond acceptors (Lipinski definition) is 0. The van der Waals surface area contributed by atoms with E-state index < -0.39 is 0 Å². The van der Waals surface area contributed by atoms with Gasteiger partial charge in [0.25, 0.3) is 0 Å². The maximum absolute atomic E-state index is 3.76. The molecule has 88 valence electrons. The van der Waals surface area contributed by atoms with Crippen LogP contribution in [0, 0.1) is 6.92 Å². The molecule has 0 amide bonds. The summed E-state index contributed by atoms with van der Waals surface area (Å²) < 4.78 is 0. The van der Waals surface area contributed by atoms with Crippen molar-refractivity contribution in [1.82, 2.24) is 0 Å². The Morgan fingerprint density at radius 3 is 2.35 bits per heavy atom. The van der Waals surface area contributed by atoms with Crippen LogP contribution in [0.3, 0.4) is 0 Å². The maximum atomic E-state index is 3.76. The van der Waals surface area contributed by atoms with Gasteiger partial charge in [0.1, 0.15) is 0 Å². The molecule has 0 atom stereocenters. The monoisotopic (exact) mass is 224 g/mol. The Balaban J connectivity index is 2.82. The number of allylic oxidation sites excluding steroid dienone is 6. The van der Waals surface area contributed by atoms with Crippen molar-refractivity contribution in [3.63, 3.8) is 0 Å². The van der Waals surface area contributed by atoms with Crippen LogP contribution in [0.1, 0.15) is 25.0 Å². The van der Waals surface area contributed by atoms with Gasteiger partial charge in [-0.05, 0) is 31.9 Å². The van der Waals surface area contributed by atoms with Crippen LogP contribution in [-0.2, 0) is 0 Å². The first-order valence-electron chi connectivity index (χ1n) is 5.87. The van der Waals surface area contributed by atoms with Gasteiger partial charge in [0.05, 0.1) is 0 Å². The molecule has 17 heavy (non-hydrogen) atoms. The highest BCUT2D eigenvalue weighted by atomic mass is 13.9. The number of aryl methyl sites for hydroxylation is 1. The third kappa shape index (κ3) is 4.69. The zero-order valence-corrected chi connectivity index (χ0v) is 10.9. The van der Waals surface area contributed by atoms with Gasteiger partial charge in [-0.15, -0.1) is 0 Å². The van der Waals surface area contributed by atoms with Gasteiger partial charge in [-0.1, -0.05) is 72.4 Å². The van der Waals surface area contributed by atoms with Gasteiger partial charge in [0.2, 0.25) is 0 Å². The fourth-order valence-corrected chi connectivity index (χ4v) is 1.42. The van der Waals surface area contributed by atoms with Gasteiger partial charge < -0.3 is 0 Å². The Kier molecular flexibility index (Phi) is 5.22. The average Bonchev–Trinajstić information content (AvgIpc) is 2.36. The van der Waals surface area contributed by atoms with E-state index in [4.69, 9.17) is 0 Å². The molecule has 0 saturated carbocycles. The molecule has 0 spiro atoms. The molecule has 0 heteroatoms. The van der Waals surface area contributed by atoms with E-state index in [9.17, 15) is 0 Å². The summed E-state index contributed by atoms with van der Waals surface area (Å²) in [7, 11) is 0. The zero-order chi connectivity index (χ0) is 12.7. The van der Waals surface area contributed by atoms with Crippen molar-refractivity contribution in [3.8, 4) is 0 Å². The predicted octanol–water partition coefficient (Wildman–Crippen LogP) is 5.09. The van der Waals surface area contributed by atoms with Crippen molar-refractivity contribution in [2.75, 3.05) is 0 Å². The molecule has 1 aromatic carbocycles. The third-order valence-electron chi connectivity index (χ3n) is 2.60. The lowest BCUT2D eigenvalue weighted by Crippen LogP contribution is -1.76.